The number of methoxy groups -OCH3 is 1. The van der Waals surface area contributed by atoms with Crippen LogP contribution in [0.5, 0.6) is 5.75 Å². The van der Waals surface area contributed by atoms with Crippen molar-refractivity contribution in [3.05, 3.63) is 29.8 Å². The molecule has 2 nitrogen and oxygen atoms in total. The largest absolute Gasteiger partial charge is 0.497 e. The fraction of sp³-hybridized carbons (Fsp3) is 0.667. The van der Waals surface area contributed by atoms with Crippen molar-refractivity contribution in [1.82, 2.24) is 5.32 Å². The van der Waals surface area contributed by atoms with E-state index in [1.54, 1.807) is 7.11 Å². The molecule has 1 aliphatic rings. The summed E-state index contributed by atoms with van der Waals surface area (Å²) in [6, 6.07) is 8.73. The molecule has 0 heterocycles. The maximum atomic E-state index is 5.29. The van der Waals surface area contributed by atoms with E-state index in [0.717, 1.165) is 24.8 Å². The molecule has 1 N–H and O–H groups in total. The van der Waals surface area contributed by atoms with Crippen molar-refractivity contribution in [3.8, 4) is 5.75 Å². The van der Waals surface area contributed by atoms with Gasteiger partial charge in [0.1, 0.15) is 5.75 Å². The van der Waals surface area contributed by atoms with Crippen LogP contribution >= 0.6 is 0 Å². The van der Waals surface area contributed by atoms with E-state index >= 15 is 0 Å². The second-order valence-corrected chi connectivity index (χ2v) is 6.70. The predicted octanol–water partition coefficient (Wildman–Crippen LogP) is 4.00. The van der Waals surface area contributed by atoms with E-state index in [9.17, 15) is 0 Å². The Morgan fingerprint density at radius 2 is 2.00 bits per heavy atom. The van der Waals surface area contributed by atoms with E-state index in [1.807, 2.05) is 0 Å². The third-order valence-corrected chi connectivity index (χ3v) is 4.86. The van der Waals surface area contributed by atoms with Gasteiger partial charge in [-0.2, -0.15) is 0 Å². The second kappa shape index (κ2) is 6.62. The fourth-order valence-electron chi connectivity index (χ4n) is 3.55. The maximum Gasteiger partial charge on any atom is 0.118 e. The molecule has 1 saturated carbocycles. The molecule has 1 aromatic rings. The lowest BCUT2D eigenvalue weighted by atomic mass is 9.73. The van der Waals surface area contributed by atoms with E-state index in [2.05, 4.69) is 50.4 Å². The lowest BCUT2D eigenvalue weighted by molar-refractivity contribution is 0.311. The molecule has 2 atom stereocenters. The molecule has 1 aromatic carbocycles. The van der Waals surface area contributed by atoms with Crippen LogP contribution in [0.15, 0.2) is 24.3 Å². The Hall–Kier alpha value is -1.02. The van der Waals surface area contributed by atoms with Crippen LogP contribution in [0.1, 0.15) is 45.6 Å². The van der Waals surface area contributed by atoms with Gasteiger partial charge in [-0.3, -0.25) is 0 Å². The van der Waals surface area contributed by atoms with Crippen LogP contribution in [-0.4, -0.2) is 20.2 Å². The van der Waals surface area contributed by atoms with E-state index < -0.39 is 0 Å². The molecule has 0 radical (unpaired) electrons. The lowest BCUT2D eigenvalue weighted by Crippen LogP contribution is -2.41. The van der Waals surface area contributed by atoms with E-state index in [0.29, 0.717) is 11.3 Å². The number of rotatable bonds is 6. The fourth-order valence-corrected chi connectivity index (χ4v) is 3.55. The van der Waals surface area contributed by atoms with Gasteiger partial charge >= 0.3 is 0 Å². The molecule has 2 rings (SSSR count). The Bertz CT molecular complexity index is 412. The van der Waals surface area contributed by atoms with E-state index in [4.69, 9.17) is 4.74 Å². The molecule has 0 spiro atoms. The van der Waals surface area contributed by atoms with Crippen molar-refractivity contribution in [1.29, 1.82) is 0 Å². The van der Waals surface area contributed by atoms with E-state index in [1.165, 1.54) is 24.8 Å². The topological polar surface area (TPSA) is 21.3 Å². The summed E-state index contributed by atoms with van der Waals surface area (Å²) in [5, 5.41) is 3.69. The van der Waals surface area contributed by atoms with Crippen molar-refractivity contribution in [2.75, 3.05) is 20.2 Å². The molecular weight excluding hydrogens is 246 g/mol. The van der Waals surface area contributed by atoms with Gasteiger partial charge < -0.3 is 10.1 Å². The van der Waals surface area contributed by atoms with Crippen LogP contribution < -0.4 is 10.1 Å². The van der Waals surface area contributed by atoms with Crippen LogP contribution in [0, 0.1) is 11.8 Å². The monoisotopic (exact) mass is 275 g/mol. The number of ether oxygens (including phenoxy) is 1. The first-order valence-corrected chi connectivity index (χ1v) is 7.94. The van der Waals surface area contributed by atoms with Gasteiger partial charge in [0.2, 0.25) is 0 Å². The molecule has 1 aliphatic carbocycles. The molecule has 1 fully saturated rings. The second-order valence-electron chi connectivity index (χ2n) is 6.70. The van der Waals surface area contributed by atoms with Gasteiger partial charge in [-0.05, 0) is 48.9 Å². The smallest absolute Gasteiger partial charge is 0.118 e. The number of benzene rings is 1. The van der Waals surface area contributed by atoms with Crippen LogP contribution in [0.2, 0.25) is 0 Å². The summed E-state index contributed by atoms with van der Waals surface area (Å²) >= 11 is 0. The minimum atomic E-state index is 0.307. The highest BCUT2D eigenvalue weighted by molar-refractivity contribution is 5.34. The van der Waals surface area contributed by atoms with Crippen LogP contribution in [-0.2, 0) is 5.41 Å². The highest BCUT2D eigenvalue weighted by Gasteiger charge is 2.41. The molecule has 2 heteroatoms. The van der Waals surface area contributed by atoms with Gasteiger partial charge in [-0.25, -0.2) is 0 Å². The predicted molar refractivity (Wildman–Crippen MR) is 85.4 cm³/mol. The van der Waals surface area contributed by atoms with E-state index in [-0.39, 0.29) is 0 Å². The van der Waals surface area contributed by atoms with Gasteiger partial charge in [0.05, 0.1) is 7.11 Å². The summed E-state index contributed by atoms with van der Waals surface area (Å²) < 4.78 is 5.29. The summed E-state index contributed by atoms with van der Waals surface area (Å²) in [7, 11) is 1.73. The Morgan fingerprint density at radius 3 is 2.50 bits per heavy atom. The average molecular weight is 275 g/mol. The third-order valence-electron chi connectivity index (χ3n) is 4.86. The SMILES string of the molecule is COc1ccc(C2(CNCC(C)C)CCCC2C)cc1. The Balaban J connectivity index is 2.17. The molecule has 112 valence electrons. The van der Waals surface area contributed by atoms with Crippen molar-refractivity contribution < 1.29 is 4.74 Å². The maximum absolute atomic E-state index is 5.29. The Labute approximate surface area is 123 Å². The van der Waals surface area contributed by atoms with Gasteiger partial charge in [0.15, 0.2) is 0 Å². The number of hydrogen-bond donors (Lipinski definition) is 1. The van der Waals surface area contributed by atoms with Crippen molar-refractivity contribution in [3.63, 3.8) is 0 Å². The molecule has 0 bridgehead atoms. The zero-order valence-corrected chi connectivity index (χ0v) is 13.4. The summed E-state index contributed by atoms with van der Waals surface area (Å²) in [6.07, 6.45) is 3.98. The first-order chi connectivity index (χ1) is 9.58. The standard InChI is InChI=1S/C18H29NO/c1-14(2)12-19-13-18(11-5-6-15(18)3)16-7-9-17(20-4)10-8-16/h7-10,14-15,19H,5-6,11-13H2,1-4H3. The summed E-state index contributed by atoms with van der Waals surface area (Å²) in [4.78, 5) is 0. The normalized spacial score (nSPS) is 26.1. The Morgan fingerprint density at radius 1 is 1.30 bits per heavy atom. The van der Waals surface area contributed by atoms with Gasteiger partial charge in [-0.15, -0.1) is 0 Å². The molecular formula is C18H29NO. The Kier molecular flexibility index (Phi) is 5.09. The molecule has 20 heavy (non-hydrogen) atoms. The molecule has 0 saturated heterocycles. The minimum absolute atomic E-state index is 0.307. The summed E-state index contributed by atoms with van der Waals surface area (Å²) in [5.74, 6) is 2.40. The number of nitrogens with one attached hydrogen (secondary N) is 1. The van der Waals surface area contributed by atoms with Crippen LogP contribution in [0.4, 0.5) is 0 Å². The quantitative estimate of drug-likeness (QED) is 0.847. The third kappa shape index (κ3) is 3.17. The molecule has 2 unspecified atom stereocenters. The van der Waals surface area contributed by atoms with Crippen LogP contribution in [0.3, 0.4) is 0 Å². The van der Waals surface area contributed by atoms with Crippen molar-refractivity contribution in [2.24, 2.45) is 11.8 Å². The first-order valence-electron chi connectivity index (χ1n) is 7.94. The molecule has 0 aliphatic heterocycles. The zero-order valence-electron chi connectivity index (χ0n) is 13.4. The number of hydrogen-bond acceptors (Lipinski definition) is 2. The van der Waals surface area contributed by atoms with Gasteiger partial charge in [0, 0.05) is 12.0 Å². The highest BCUT2D eigenvalue weighted by Crippen LogP contribution is 2.45. The molecule has 0 aromatic heterocycles. The van der Waals surface area contributed by atoms with Gasteiger partial charge in [-0.1, -0.05) is 39.3 Å². The van der Waals surface area contributed by atoms with Gasteiger partial charge in [0.25, 0.3) is 0 Å². The van der Waals surface area contributed by atoms with Crippen molar-refractivity contribution >= 4 is 0 Å². The zero-order chi connectivity index (χ0) is 14.6. The summed E-state index contributed by atoms with van der Waals surface area (Å²) in [6.45, 7) is 9.15. The molecule has 0 amide bonds. The summed E-state index contributed by atoms with van der Waals surface area (Å²) in [5.41, 5.74) is 1.78. The minimum Gasteiger partial charge on any atom is -0.497 e. The lowest BCUT2D eigenvalue weighted by Gasteiger charge is -2.35. The first kappa shape index (κ1) is 15.4. The average Bonchev–Trinajstić information content (AvgIpc) is 2.81. The van der Waals surface area contributed by atoms with Crippen molar-refractivity contribution in [2.45, 2.75) is 45.4 Å². The highest BCUT2D eigenvalue weighted by atomic mass is 16.5. The van der Waals surface area contributed by atoms with Crippen LogP contribution in [0.25, 0.3) is 0 Å².